The molecule has 0 radical (unpaired) electrons. The lowest BCUT2D eigenvalue weighted by Gasteiger charge is -2.34. The summed E-state index contributed by atoms with van der Waals surface area (Å²) in [6.07, 6.45) is 0.350. The lowest BCUT2D eigenvalue weighted by atomic mass is 10.2. The van der Waals surface area contributed by atoms with E-state index >= 15 is 0 Å². The van der Waals surface area contributed by atoms with Crippen molar-refractivity contribution < 1.29 is 0 Å². The molecule has 2 aromatic rings. The number of hydrogen-bond donors (Lipinski definition) is 0. The van der Waals surface area contributed by atoms with Gasteiger partial charge in [0.15, 0.2) is 0 Å². The molecule has 0 aromatic heterocycles. The fraction of sp³-hybridized carbons (Fsp3) is 0.294. The second kappa shape index (κ2) is 6.39. The lowest BCUT2D eigenvalue weighted by Crippen LogP contribution is -2.42. The monoisotopic (exact) mass is 254 g/mol. The summed E-state index contributed by atoms with van der Waals surface area (Å²) in [5.74, 6) is 0. The summed E-state index contributed by atoms with van der Waals surface area (Å²) in [7, 11) is 4.30. The molecule has 0 amide bonds. The molecule has 0 aliphatic carbocycles. The summed E-state index contributed by atoms with van der Waals surface area (Å²) in [6.45, 7) is 3.19. The molecule has 0 heterocycles. The van der Waals surface area contributed by atoms with Crippen LogP contribution in [0.15, 0.2) is 60.7 Å². The highest BCUT2D eigenvalue weighted by atomic mass is 15.3. The Labute approximate surface area is 116 Å². The highest BCUT2D eigenvalue weighted by Gasteiger charge is 2.14. The van der Waals surface area contributed by atoms with Gasteiger partial charge < -0.3 is 4.90 Å². The van der Waals surface area contributed by atoms with Gasteiger partial charge in [-0.1, -0.05) is 48.5 Å². The molecule has 2 rings (SSSR count). The van der Waals surface area contributed by atoms with Crippen LogP contribution in [-0.4, -0.2) is 25.2 Å². The second-order valence-corrected chi connectivity index (χ2v) is 4.98. The molecular weight excluding hydrogens is 232 g/mol. The average molecular weight is 254 g/mol. The van der Waals surface area contributed by atoms with E-state index in [1.165, 1.54) is 11.3 Å². The fourth-order valence-corrected chi connectivity index (χ4v) is 2.18. The van der Waals surface area contributed by atoms with Crippen molar-refractivity contribution in [2.45, 2.75) is 19.6 Å². The zero-order valence-electron chi connectivity index (χ0n) is 12.0. The van der Waals surface area contributed by atoms with Gasteiger partial charge in [0.2, 0.25) is 0 Å². The van der Waals surface area contributed by atoms with E-state index in [-0.39, 0.29) is 0 Å². The van der Waals surface area contributed by atoms with E-state index < -0.39 is 0 Å². The number of benzene rings is 2. The molecular formula is C17H22N2. The minimum atomic E-state index is 0.350. The summed E-state index contributed by atoms with van der Waals surface area (Å²) in [4.78, 5) is 4.64. The topological polar surface area (TPSA) is 6.48 Å². The predicted molar refractivity (Wildman–Crippen MR) is 82.2 cm³/mol. The van der Waals surface area contributed by atoms with Crippen molar-refractivity contribution in [1.29, 1.82) is 0 Å². The maximum atomic E-state index is 2.35. The summed E-state index contributed by atoms with van der Waals surface area (Å²) in [5.41, 5.74) is 2.59. The van der Waals surface area contributed by atoms with Gasteiger partial charge in [-0.05, 0) is 31.7 Å². The van der Waals surface area contributed by atoms with E-state index in [1.807, 2.05) is 0 Å². The number of nitrogens with zero attached hydrogens (tertiary/aromatic N) is 2. The average Bonchev–Trinajstić information content (AvgIpc) is 2.47. The van der Waals surface area contributed by atoms with Crippen molar-refractivity contribution in [3.63, 3.8) is 0 Å². The van der Waals surface area contributed by atoms with Crippen LogP contribution in [-0.2, 0) is 6.54 Å². The Bertz CT molecular complexity index is 481. The van der Waals surface area contributed by atoms with Crippen LogP contribution in [0.25, 0.3) is 0 Å². The minimum absolute atomic E-state index is 0.350. The summed E-state index contributed by atoms with van der Waals surface area (Å²) >= 11 is 0. The Morgan fingerprint density at radius 2 is 1.37 bits per heavy atom. The third kappa shape index (κ3) is 3.58. The van der Waals surface area contributed by atoms with Crippen molar-refractivity contribution in [2.24, 2.45) is 0 Å². The Morgan fingerprint density at radius 1 is 0.842 bits per heavy atom. The maximum absolute atomic E-state index is 2.35. The molecule has 1 unspecified atom stereocenters. The molecule has 0 aliphatic heterocycles. The van der Waals surface area contributed by atoms with Crippen molar-refractivity contribution >= 4 is 5.69 Å². The van der Waals surface area contributed by atoms with E-state index in [1.54, 1.807) is 0 Å². The summed E-state index contributed by atoms with van der Waals surface area (Å²) in [5, 5.41) is 0. The highest BCUT2D eigenvalue weighted by Crippen LogP contribution is 2.16. The molecule has 2 heteroatoms. The first-order chi connectivity index (χ1) is 9.18. The maximum Gasteiger partial charge on any atom is 0.0789 e. The number of para-hydroxylation sites is 1. The predicted octanol–water partition coefficient (Wildman–Crippen LogP) is 3.60. The van der Waals surface area contributed by atoms with Gasteiger partial charge in [-0.2, -0.15) is 0 Å². The highest BCUT2D eigenvalue weighted by molar-refractivity contribution is 5.45. The van der Waals surface area contributed by atoms with E-state index in [2.05, 4.69) is 91.5 Å². The smallest absolute Gasteiger partial charge is 0.0789 e. The minimum Gasteiger partial charge on any atom is -0.359 e. The Kier molecular flexibility index (Phi) is 4.58. The van der Waals surface area contributed by atoms with Gasteiger partial charge in [0.25, 0.3) is 0 Å². The molecule has 0 N–H and O–H groups in total. The second-order valence-electron chi connectivity index (χ2n) is 4.98. The van der Waals surface area contributed by atoms with Gasteiger partial charge in [0.05, 0.1) is 6.17 Å². The van der Waals surface area contributed by atoms with Crippen LogP contribution in [0.4, 0.5) is 5.69 Å². The van der Waals surface area contributed by atoms with E-state index in [9.17, 15) is 0 Å². The molecule has 0 saturated heterocycles. The van der Waals surface area contributed by atoms with Crippen LogP contribution in [0, 0.1) is 0 Å². The lowest BCUT2D eigenvalue weighted by molar-refractivity contribution is 0.247. The van der Waals surface area contributed by atoms with Crippen LogP contribution in [0.3, 0.4) is 0 Å². The van der Waals surface area contributed by atoms with Crippen molar-refractivity contribution in [3.8, 4) is 0 Å². The summed E-state index contributed by atoms with van der Waals surface area (Å²) < 4.78 is 0. The van der Waals surface area contributed by atoms with Crippen molar-refractivity contribution in [1.82, 2.24) is 4.90 Å². The van der Waals surface area contributed by atoms with E-state index in [4.69, 9.17) is 0 Å². The standard InChI is InChI=1S/C17H22N2/c1-15(19(3)17-12-8-5-9-13-17)18(2)14-16-10-6-4-7-11-16/h4-13,15H,14H2,1-3H3. The molecule has 0 fully saturated rings. The molecule has 1 atom stereocenters. The van der Waals surface area contributed by atoms with E-state index in [0.29, 0.717) is 6.17 Å². The number of rotatable bonds is 5. The zero-order chi connectivity index (χ0) is 13.7. The van der Waals surface area contributed by atoms with E-state index in [0.717, 1.165) is 6.54 Å². The quantitative estimate of drug-likeness (QED) is 0.752. The Hall–Kier alpha value is -1.80. The van der Waals surface area contributed by atoms with Gasteiger partial charge in [0, 0.05) is 19.3 Å². The largest absolute Gasteiger partial charge is 0.359 e. The molecule has 0 spiro atoms. The summed E-state index contributed by atoms with van der Waals surface area (Å²) in [6, 6.07) is 21.1. The first-order valence-electron chi connectivity index (χ1n) is 6.70. The molecule has 2 aromatic carbocycles. The van der Waals surface area contributed by atoms with Gasteiger partial charge in [0.1, 0.15) is 0 Å². The normalized spacial score (nSPS) is 12.4. The van der Waals surface area contributed by atoms with Crippen molar-refractivity contribution in [3.05, 3.63) is 66.2 Å². The molecule has 0 saturated carbocycles. The molecule has 0 bridgehead atoms. The third-order valence-electron chi connectivity index (χ3n) is 3.64. The third-order valence-corrected chi connectivity index (χ3v) is 3.64. The van der Waals surface area contributed by atoms with Crippen LogP contribution in [0.2, 0.25) is 0 Å². The van der Waals surface area contributed by atoms with Gasteiger partial charge in [-0.3, -0.25) is 4.90 Å². The van der Waals surface area contributed by atoms with Crippen LogP contribution in [0.1, 0.15) is 12.5 Å². The molecule has 19 heavy (non-hydrogen) atoms. The number of anilines is 1. The van der Waals surface area contributed by atoms with Crippen molar-refractivity contribution in [2.75, 3.05) is 19.0 Å². The van der Waals surface area contributed by atoms with Gasteiger partial charge in [-0.25, -0.2) is 0 Å². The molecule has 100 valence electrons. The zero-order valence-corrected chi connectivity index (χ0v) is 12.0. The number of hydrogen-bond acceptors (Lipinski definition) is 2. The van der Waals surface area contributed by atoms with Crippen LogP contribution >= 0.6 is 0 Å². The van der Waals surface area contributed by atoms with Gasteiger partial charge >= 0.3 is 0 Å². The van der Waals surface area contributed by atoms with Crippen LogP contribution in [0.5, 0.6) is 0 Å². The molecule has 0 aliphatic rings. The molecule has 2 nitrogen and oxygen atoms in total. The SMILES string of the molecule is CC(N(C)Cc1ccccc1)N(C)c1ccccc1. The Morgan fingerprint density at radius 3 is 1.95 bits per heavy atom. The first-order valence-corrected chi connectivity index (χ1v) is 6.70. The Balaban J connectivity index is 2.01. The van der Waals surface area contributed by atoms with Gasteiger partial charge in [-0.15, -0.1) is 0 Å². The first kappa shape index (κ1) is 13.6. The fourth-order valence-electron chi connectivity index (χ4n) is 2.18. The van der Waals surface area contributed by atoms with Crippen LogP contribution < -0.4 is 4.90 Å².